The number of carbonyl (C=O) groups is 1. The third-order valence-electron chi connectivity index (χ3n) is 2.54. The average molecular weight is 354 g/mol. The van der Waals surface area contributed by atoms with Crippen LogP contribution in [0.15, 0.2) is 40.9 Å². The number of anilines is 1. The molecule has 0 aliphatic heterocycles. The van der Waals surface area contributed by atoms with Crippen LogP contribution in [0.25, 0.3) is 0 Å². The first-order valence-corrected chi connectivity index (χ1v) is 6.65. The summed E-state index contributed by atoms with van der Waals surface area (Å²) in [5, 5.41) is 11.8. The van der Waals surface area contributed by atoms with E-state index in [-0.39, 0.29) is 15.6 Å². The Bertz CT molecular complexity index is 728. The van der Waals surface area contributed by atoms with Gasteiger partial charge in [-0.25, -0.2) is 4.39 Å². The van der Waals surface area contributed by atoms with Gasteiger partial charge in [0.1, 0.15) is 11.9 Å². The number of hydrogen-bond acceptors (Lipinski definition) is 2. The predicted molar refractivity (Wildman–Crippen MR) is 78.2 cm³/mol. The van der Waals surface area contributed by atoms with Crippen LogP contribution in [-0.4, -0.2) is 5.91 Å². The number of carbonyl (C=O) groups excluding carboxylic acids is 1. The number of halogens is 3. The molecule has 0 aromatic heterocycles. The third kappa shape index (κ3) is 2.98. The second-order valence-corrected chi connectivity index (χ2v) is 5.06. The van der Waals surface area contributed by atoms with Crippen LogP contribution < -0.4 is 5.32 Å². The fraction of sp³-hybridized carbons (Fsp3) is 0. The van der Waals surface area contributed by atoms with Gasteiger partial charge in [0.2, 0.25) is 0 Å². The Morgan fingerprint density at radius 3 is 2.80 bits per heavy atom. The van der Waals surface area contributed by atoms with Crippen LogP contribution in [-0.2, 0) is 0 Å². The summed E-state index contributed by atoms with van der Waals surface area (Å²) in [4.78, 5) is 12.0. The van der Waals surface area contributed by atoms with E-state index in [1.165, 1.54) is 30.3 Å². The van der Waals surface area contributed by atoms with Crippen molar-refractivity contribution in [2.75, 3.05) is 5.32 Å². The molecule has 100 valence electrons. The molecule has 0 heterocycles. The molecule has 1 N–H and O–H groups in total. The molecule has 2 aromatic rings. The number of amides is 1. The summed E-state index contributed by atoms with van der Waals surface area (Å²) in [6.45, 7) is 0. The van der Waals surface area contributed by atoms with Crippen molar-refractivity contribution in [3.63, 3.8) is 0 Å². The smallest absolute Gasteiger partial charge is 0.256 e. The number of nitrogens with zero attached hydrogens (tertiary/aromatic N) is 1. The van der Waals surface area contributed by atoms with Gasteiger partial charge in [0.15, 0.2) is 0 Å². The number of rotatable bonds is 2. The van der Waals surface area contributed by atoms with Crippen molar-refractivity contribution in [2.24, 2.45) is 0 Å². The fourth-order valence-electron chi connectivity index (χ4n) is 1.57. The predicted octanol–water partition coefficient (Wildman–Crippen LogP) is 4.37. The minimum atomic E-state index is -0.522. The summed E-state index contributed by atoms with van der Waals surface area (Å²) in [6.07, 6.45) is 0. The van der Waals surface area contributed by atoms with E-state index >= 15 is 0 Å². The van der Waals surface area contributed by atoms with Gasteiger partial charge in [-0.1, -0.05) is 17.7 Å². The quantitative estimate of drug-likeness (QED) is 0.872. The minimum absolute atomic E-state index is 0.0898. The molecule has 0 fully saturated rings. The molecule has 3 nitrogen and oxygen atoms in total. The Balaban J connectivity index is 2.29. The summed E-state index contributed by atoms with van der Waals surface area (Å²) < 4.78 is 13.5. The van der Waals surface area contributed by atoms with Crippen LogP contribution in [0.1, 0.15) is 15.9 Å². The Hall–Kier alpha value is -1.90. The normalized spacial score (nSPS) is 9.90. The van der Waals surface area contributed by atoms with Gasteiger partial charge in [-0.05, 0) is 46.3 Å². The minimum Gasteiger partial charge on any atom is -0.322 e. The fourth-order valence-corrected chi connectivity index (χ4v) is 2.17. The van der Waals surface area contributed by atoms with Gasteiger partial charge in [-0.3, -0.25) is 4.79 Å². The van der Waals surface area contributed by atoms with Gasteiger partial charge in [0.05, 0.1) is 20.6 Å². The second-order valence-electron chi connectivity index (χ2n) is 3.86. The molecule has 0 atom stereocenters. The summed E-state index contributed by atoms with van der Waals surface area (Å²) in [5.74, 6) is -1.01. The van der Waals surface area contributed by atoms with Crippen molar-refractivity contribution >= 4 is 39.1 Å². The highest BCUT2D eigenvalue weighted by molar-refractivity contribution is 9.10. The Morgan fingerprint density at radius 1 is 1.35 bits per heavy atom. The molecule has 0 radical (unpaired) electrons. The lowest BCUT2D eigenvalue weighted by atomic mass is 10.2. The number of nitrogens with one attached hydrogen (secondary N) is 1. The van der Waals surface area contributed by atoms with Crippen molar-refractivity contribution in [3.05, 3.63) is 62.8 Å². The lowest BCUT2D eigenvalue weighted by molar-refractivity contribution is 0.102. The van der Waals surface area contributed by atoms with Crippen LogP contribution in [0.2, 0.25) is 5.02 Å². The SMILES string of the molecule is N#Cc1cc(NC(=O)c2cccc(F)c2Br)ccc1Cl. The molecule has 6 heteroatoms. The summed E-state index contributed by atoms with van der Waals surface area (Å²) >= 11 is 8.83. The Kier molecular flexibility index (Phi) is 4.38. The monoisotopic (exact) mass is 352 g/mol. The molecular formula is C14H7BrClFN2O. The van der Waals surface area contributed by atoms with Gasteiger partial charge in [-0.15, -0.1) is 0 Å². The van der Waals surface area contributed by atoms with Crippen molar-refractivity contribution in [1.82, 2.24) is 0 Å². The first kappa shape index (κ1) is 14.5. The molecule has 0 saturated heterocycles. The summed E-state index contributed by atoms with van der Waals surface area (Å²) in [7, 11) is 0. The standard InChI is InChI=1S/C14H7BrClFN2O/c15-13-10(2-1-3-12(13)17)14(20)19-9-4-5-11(16)8(6-9)7-18/h1-6H,(H,19,20). The first-order valence-electron chi connectivity index (χ1n) is 5.48. The molecule has 2 rings (SSSR count). The first-order chi connectivity index (χ1) is 9.52. The van der Waals surface area contributed by atoms with Crippen LogP contribution in [0.5, 0.6) is 0 Å². The largest absolute Gasteiger partial charge is 0.322 e. The molecule has 0 bridgehead atoms. The van der Waals surface area contributed by atoms with E-state index in [2.05, 4.69) is 21.2 Å². The highest BCUT2D eigenvalue weighted by atomic mass is 79.9. The van der Waals surface area contributed by atoms with Crippen LogP contribution in [0, 0.1) is 17.1 Å². The zero-order valence-electron chi connectivity index (χ0n) is 9.95. The lowest BCUT2D eigenvalue weighted by Gasteiger charge is -2.08. The van der Waals surface area contributed by atoms with E-state index in [9.17, 15) is 9.18 Å². The maximum absolute atomic E-state index is 13.4. The topological polar surface area (TPSA) is 52.9 Å². The van der Waals surface area contributed by atoms with E-state index < -0.39 is 11.7 Å². The maximum Gasteiger partial charge on any atom is 0.256 e. The number of hydrogen-bond donors (Lipinski definition) is 1. The molecular weight excluding hydrogens is 347 g/mol. The maximum atomic E-state index is 13.4. The van der Waals surface area contributed by atoms with Crippen molar-refractivity contribution < 1.29 is 9.18 Å². The van der Waals surface area contributed by atoms with Crippen LogP contribution in [0.4, 0.5) is 10.1 Å². The molecule has 0 aliphatic rings. The molecule has 0 spiro atoms. The molecule has 2 aromatic carbocycles. The van der Waals surface area contributed by atoms with Crippen LogP contribution in [0.3, 0.4) is 0 Å². The highest BCUT2D eigenvalue weighted by Crippen LogP contribution is 2.23. The third-order valence-corrected chi connectivity index (χ3v) is 3.68. The van der Waals surface area contributed by atoms with Gasteiger partial charge in [0, 0.05) is 5.69 Å². The molecule has 0 aliphatic carbocycles. The number of benzene rings is 2. The molecule has 1 amide bonds. The van der Waals surface area contributed by atoms with E-state index in [0.29, 0.717) is 10.7 Å². The van der Waals surface area contributed by atoms with E-state index in [4.69, 9.17) is 16.9 Å². The van der Waals surface area contributed by atoms with Crippen molar-refractivity contribution in [3.8, 4) is 6.07 Å². The van der Waals surface area contributed by atoms with Crippen molar-refractivity contribution in [1.29, 1.82) is 5.26 Å². The zero-order valence-corrected chi connectivity index (χ0v) is 12.3. The van der Waals surface area contributed by atoms with Gasteiger partial charge in [0.25, 0.3) is 5.91 Å². The lowest BCUT2D eigenvalue weighted by Crippen LogP contribution is -2.13. The number of nitriles is 1. The van der Waals surface area contributed by atoms with Gasteiger partial charge >= 0.3 is 0 Å². The van der Waals surface area contributed by atoms with E-state index in [0.717, 1.165) is 0 Å². The van der Waals surface area contributed by atoms with Gasteiger partial charge in [-0.2, -0.15) is 5.26 Å². The second kappa shape index (κ2) is 6.04. The van der Waals surface area contributed by atoms with Gasteiger partial charge < -0.3 is 5.32 Å². The van der Waals surface area contributed by atoms with Crippen molar-refractivity contribution in [2.45, 2.75) is 0 Å². The zero-order chi connectivity index (χ0) is 14.7. The van der Waals surface area contributed by atoms with Crippen LogP contribution >= 0.6 is 27.5 Å². The Morgan fingerprint density at radius 2 is 2.10 bits per heavy atom. The summed E-state index contributed by atoms with van der Waals surface area (Å²) in [5.41, 5.74) is 0.827. The molecule has 0 saturated carbocycles. The molecule has 0 unspecified atom stereocenters. The average Bonchev–Trinajstić information content (AvgIpc) is 2.43. The van der Waals surface area contributed by atoms with E-state index in [1.807, 2.05) is 6.07 Å². The Labute approximate surface area is 128 Å². The summed E-state index contributed by atoms with van der Waals surface area (Å²) in [6, 6.07) is 10.6. The molecule has 20 heavy (non-hydrogen) atoms. The highest BCUT2D eigenvalue weighted by Gasteiger charge is 2.13. The van der Waals surface area contributed by atoms with E-state index in [1.54, 1.807) is 6.07 Å².